The SMILES string of the molecule is CC[C@H]1CC[C@H](c2cc3c(c(F)c2F)OC(c2ccc(C)cc2)C=C3)CC1. The first-order chi connectivity index (χ1) is 13.1. The van der Waals surface area contributed by atoms with E-state index in [1.165, 1.54) is 6.42 Å². The van der Waals surface area contributed by atoms with Crippen LogP contribution in [0.2, 0.25) is 0 Å². The van der Waals surface area contributed by atoms with Crippen LogP contribution in [0.4, 0.5) is 8.78 Å². The van der Waals surface area contributed by atoms with Crippen LogP contribution in [0.3, 0.4) is 0 Å². The Morgan fingerprint density at radius 2 is 1.70 bits per heavy atom. The monoisotopic (exact) mass is 368 g/mol. The second kappa shape index (κ2) is 7.46. The molecule has 27 heavy (non-hydrogen) atoms. The van der Waals surface area contributed by atoms with Crippen LogP contribution in [0, 0.1) is 24.5 Å². The molecule has 0 spiro atoms. The van der Waals surface area contributed by atoms with Crippen molar-refractivity contribution in [1.29, 1.82) is 0 Å². The summed E-state index contributed by atoms with van der Waals surface area (Å²) in [6.45, 7) is 4.22. The van der Waals surface area contributed by atoms with Gasteiger partial charge in [-0.1, -0.05) is 49.2 Å². The molecule has 1 aliphatic heterocycles. The average Bonchev–Trinajstić information content (AvgIpc) is 2.71. The van der Waals surface area contributed by atoms with E-state index >= 15 is 0 Å². The topological polar surface area (TPSA) is 9.23 Å². The number of fused-ring (bicyclic) bond motifs is 1. The summed E-state index contributed by atoms with van der Waals surface area (Å²) in [4.78, 5) is 0. The molecule has 1 fully saturated rings. The van der Waals surface area contributed by atoms with Crippen molar-refractivity contribution in [3.8, 4) is 5.75 Å². The van der Waals surface area contributed by atoms with Crippen LogP contribution in [0.25, 0.3) is 6.08 Å². The maximum absolute atomic E-state index is 14.9. The Bertz CT molecular complexity index is 846. The number of ether oxygens (including phenoxy) is 1. The van der Waals surface area contributed by atoms with Crippen molar-refractivity contribution >= 4 is 6.08 Å². The minimum Gasteiger partial charge on any atom is -0.478 e. The van der Waals surface area contributed by atoms with Crippen LogP contribution < -0.4 is 4.74 Å². The number of halogens is 2. The van der Waals surface area contributed by atoms with Gasteiger partial charge >= 0.3 is 0 Å². The number of aryl methyl sites for hydroxylation is 1. The molecule has 4 rings (SSSR count). The van der Waals surface area contributed by atoms with Gasteiger partial charge in [0.25, 0.3) is 0 Å². The summed E-state index contributed by atoms with van der Waals surface area (Å²) in [5.74, 6) is -0.707. The highest BCUT2D eigenvalue weighted by molar-refractivity contribution is 5.62. The molecular weight excluding hydrogens is 342 g/mol. The summed E-state index contributed by atoms with van der Waals surface area (Å²) < 4.78 is 35.6. The second-order valence-electron chi connectivity index (χ2n) is 7.95. The number of benzene rings is 2. The summed E-state index contributed by atoms with van der Waals surface area (Å²) >= 11 is 0. The van der Waals surface area contributed by atoms with Crippen LogP contribution in [-0.2, 0) is 0 Å². The van der Waals surface area contributed by atoms with Gasteiger partial charge in [-0.2, -0.15) is 4.39 Å². The Kier molecular flexibility index (Phi) is 5.03. The fourth-order valence-electron chi connectivity index (χ4n) is 4.36. The largest absolute Gasteiger partial charge is 0.478 e. The van der Waals surface area contributed by atoms with Crippen molar-refractivity contribution in [3.63, 3.8) is 0 Å². The molecule has 0 aromatic heterocycles. The standard InChI is InChI=1S/C24H26F2O/c1-3-16-6-10-17(11-7-16)20-14-19-12-13-21(18-8-4-15(2)5-9-18)27-24(19)23(26)22(20)25/h4-5,8-9,12-14,16-17,21H,3,6-7,10-11H2,1-2H3/t16-,17-,21?. The van der Waals surface area contributed by atoms with Crippen LogP contribution >= 0.6 is 0 Å². The number of hydrogen-bond donors (Lipinski definition) is 0. The van der Waals surface area contributed by atoms with E-state index in [2.05, 4.69) is 6.92 Å². The predicted octanol–water partition coefficient (Wildman–Crippen LogP) is 7.10. The fraction of sp³-hybridized carbons (Fsp3) is 0.417. The van der Waals surface area contributed by atoms with Gasteiger partial charge in [-0.15, -0.1) is 0 Å². The van der Waals surface area contributed by atoms with Gasteiger partial charge in [0.2, 0.25) is 5.82 Å². The van der Waals surface area contributed by atoms with Gasteiger partial charge in [0.15, 0.2) is 11.6 Å². The number of hydrogen-bond acceptors (Lipinski definition) is 1. The minimum absolute atomic E-state index is 0.0339. The Labute approximate surface area is 160 Å². The van der Waals surface area contributed by atoms with Crippen molar-refractivity contribution in [2.45, 2.75) is 58.0 Å². The van der Waals surface area contributed by atoms with Crippen LogP contribution in [0.5, 0.6) is 5.75 Å². The van der Waals surface area contributed by atoms with Gasteiger partial charge in [-0.05, 0) is 67.7 Å². The quantitative estimate of drug-likeness (QED) is 0.561. The smallest absolute Gasteiger partial charge is 0.201 e. The third kappa shape index (κ3) is 3.52. The van der Waals surface area contributed by atoms with E-state index in [9.17, 15) is 8.78 Å². The Hall–Kier alpha value is -2.16. The van der Waals surface area contributed by atoms with Crippen LogP contribution in [0.1, 0.15) is 73.3 Å². The third-order valence-electron chi connectivity index (χ3n) is 6.18. The van der Waals surface area contributed by atoms with Crippen molar-refractivity contribution in [1.82, 2.24) is 0 Å². The Balaban J connectivity index is 1.61. The highest BCUT2D eigenvalue weighted by Gasteiger charge is 2.29. The van der Waals surface area contributed by atoms with E-state index in [1.54, 1.807) is 6.07 Å². The molecule has 2 aliphatic rings. The lowest BCUT2D eigenvalue weighted by Crippen LogP contribution is -2.16. The van der Waals surface area contributed by atoms with Gasteiger partial charge in [-0.25, -0.2) is 4.39 Å². The zero-order valence-electron chi connectivity index (χ0n) is 16.0. The average molecular weight is 368 g/mol. The van der Waals surface area contributed by atoms with E-state index in [4.69, 9.17) is 4.74 Å². The van der Waals surface area contributed by atoms with Crippen molar-refractivity contribution in [2.75, 3.05) is 0 Å². The molecule has 0 radical (unpaired) electrons. The summed E-state index contributed by atoms with van der Waals surface area (Å²) in [5, 5.41) is 0. The molecule has 142 valence electrons. The third-order valence-corrected chi connectivity index (χ3v) is 6.18. The molecule has 0 amide bonds. The molecule has 3 heteroatoms. The van der Waals surface area contributed by atoms with Gasteiger partial charge in [0, 0.05) is 5.56 Å². The molecule has 1 aliphatic carbocycles. The summed E-state index contributed by atoms with van der Waals surface area (Å²) in [6.07, 6.45) is 8.63. The summed E-state index contributed by atoms with van der Waals surface area (Å²) in [7, 11) is 0. The fourth-order valence-corrected chi connectivity index (χ4v) is 4.36. The maximum atomic E-state index is 14.9. The predicted molar refractivity (Wildman–Crippen MR) is 105 cm³/mol. The summed E-state index contributed by atoms with van der Waals surface area (Å²) in [5.41, 5.74) is 3.25. The molecule has 1 atom stereocenters. The van der Waals surface area contributed by atoms with Crippen molar-refractivity contribution in [3.05, 3.63) is 70.3 Å². The molecule has 2 aromatic rings. The molecule has 1 nitrogen and oxygen atoms in total. The normalized spacial score (nSPS) is 24.4. The molecule has 1 saturated carbocycles. The van der Waals surface area contributed by atoms with Gasteiger partial charge in [0.05, 0.1) is 0 Å². The van der Waals surface area contributed by atoms with Crippen molar-refractivity contribution < 1.29 is 13.5 Å². The zero-order valence-corrected chi connectivity index (χ0v) is 16.0. The molecular formula is C24H26F2O. The zero-order chi connectivity index (χ0) is 19.0. The first-order valence-electron chi connectivity index (χ1n) is 10.00. The second-order valence-corrected chi connectivity index (χ2v) is 7.95. The lowest BCUT2D eigenvalue weighted by Gasteiger charge is -2.30. The molecule has 0 saturated heterocycles. The minimum atomic E-state index is -0.846. The highest BCUT2D eigenvalue weighted by atomic mass is 19.2. The van der Waals surface area contributed by atoms with Crippen LogP contribution in [-0.4, -0.2) is 0 Å². The lowest BCUT2D eigenvalue weighted by molar-refractivity contribution is 0.234. The van der Waals surface area contributed by atoms with E-state index in [1.807, 2.05) is 43.3 Å². The van der Waals surface area contributed by atoms with Gasteiger partial charge < -0.3 is 4.74 Å². The van der Waals surface area contributed by atoms with E-state index in [-0.39, 0.29) is 11.7 Å². The first kappa shape index (κ1) is 18.2. The molecule has 1 unspecified atom stereocenters. The highest BCUT2D eigenvalue weighted by Crippen LogP contribution is 2.43. The molecule has 1 heterocycles. The molecule has 0 bridgehead atoms. The van der Waals surface area contributed by atoms with E-state index in [0.717, 1.165) is 42.7 Å². The Morgan fingerprint density at radius 3 is 2.37 bits per heavy atom. The van der Waals surface area contributed by atoms with Gasteiger partial charge in [0.1, 0.15) is 6.10 Å². The summed E-state index contributed by atoms with van der Waals surface area (Å²) in [6, 6.07) is 9.71. The molecule has 2 aromatic carbocycles. The van der Waals surface area contributed by atoms with Crippen LogP contribution in [0.15, 0.2) is 36.4 Å². The van der Waals surface area contributed by atoms with E-state index in [0.29, 0.717) is 11.1 Å². The lowest BCUT2D eigenvalue weighted by atomic mass is 9.77. The van der Waals surface area contributed by atoms with Crippen molar-refractivity contribution in [2.24, 2.45) is 5.92 Å². The van der Waals surface area contributed by atoms with E-state index < -0.39 is 17.7 Å². The maximum Gasteiger partial charge on any atom is 0.201 e. The first-order valence-corrected chi connectivity index (χ1v) is 10.00. The van der Waals surface area contributed by atoms with Gasteiger partial charge in [-0.3, -0.25) is 0 Å². The number of rotatable bonds is 3. The molecule has 0 N–H and O–H groups in total. The Morgan fingerprint density at radius 1 is 1.00 bits per heavy atom.